The molecule has 0 amide bonds. The Bertz CT molecular complexity index is 1000. The Morgan fingerprint density at radius 2 is 2.00 bits per heavy atom. The van der Waals surface area contributed by atoms with E-state index in [2.05, 4.69) is 46.2 Å². The van der Waals surface area contributed by atoms with Crippen LogP contribution in [0.2, 0.25) is 0 Å². The maximum atomic E-state index is 8.84. The van der Waals surface area contributed by atoms with Gasteiger partial charge in [0.1, 0.15) is 17.6 Å². The first-order chi connectivity index (χ1) is 14.6. The molecule has 0 aromatic carbocycles. The SMILES string of the molecule is CC(C)Cc1ccc(CN2CCC[C@@H]2c2cnc(Nc3ccc(C#N)nc3)cn2)s1. The minimum atomic E-state index is 0.318. The molecule has 154 valence electrons. The molecule has 7 heteroatoms. The summed E-state index contributed by atoms with van der Waals surface area (Å²) in [6.45, 7) is 6.61. The lowest BCUT2D eigenvalue weighted by Gasteiger charge is -2.23. The molecule has 3 aromatic heterocycles. The summed E-state index contributed by atoms with van der Waals surface area (Å²) in [6, 6.07) is 10.4. The van der Waals surface area contributed by atoms with Gasteiger partial charge in [-0.3, -0.25) is 9.88 Å². The highest BCUT2D eigenvalue weighted by Gasteiger charge is 2.27. The van der Waals surface area contributed by atoms with Crippen LogP contribution in [0, 0.1) is 17.2 Å². The average Bonchev–Trinajstić information content (AvgIpc) is 3.38. The maximum Gasteiger partial charge on any atom is 0.148 e. The van der Waals surface area contributed by atoms with Crippen LogP contribution < -0.4 is 5.32 Å². The first-order valence-electron chi connectivity index (χ1n) is 10.4. The molecule has 0 radical (unpaired) electrons. The van der Waals surface area contributed by atoms with E-state index in [1.807, 2.05) is 29.7 Å². The van der Waals surface area contributed by atoms with Gasteiger partial charge in [0.15, 0.2) is 0 Å². The number of hydrogen-bond donors (Lipinski definition) is 1. The third kappa shape index (κ3) is 5.02. The zero-order valence-electron chi connectivity index (χ0n) is 17.4. The van der Waals surface area contributed by atoms with Crippen molar-refractivity contribution in [2.24, 2.45) is 5.92 Å². The predicted octanol–water partition coefficient (Wildman–Crippen LogP) is 5.08. The number of rotatable bonds is 7. The van der Waals surface area contributed by atoms with Gasteiger partial charge in [-0.1, -0.05) is 13.8 Å². The third-order valence-electron chi connectivity index (χ3n) is 5.21. The van der Waals surface area contributed by atoms with Crippen molar-refractivity contribution in [2.45, 2.75) is 45.7 Å². The number of pyridine rings is 1. The number of nitrogens with one attached hydrogen (secondary N) is 1. The van der Waals surface area contributed by atoms with E-state index in [1.54, 1.807) is 18.5 Å². The summed E-state index contributed by atoms with van der Waals surface area (Å²) in [5, 5.41) is 12.0. The maximum absolute atomic E-state index is 8.84. The number of hydrogen-bond acceptors (Lipinski definition) is 7. The van der Waals surface area contributed by atoms with Crippen LogP contribution in [0.3, 0.4) is 0 Å². The van der Waals surface area contributed by atoms with E-state index in [9.17, 15) is 0 Å². The van der Waals surface area contributed by atoms with Crippen molar-refractivity contribution in [2.75, 3.05) is 11.9 Å². The summed E-state index contributed by atoms with van der Waals surface area (Å²) in [4.78, 5) is 18.7. The quantitative estimate of drug-likeness (QED) is 0.576. The van der Waals surface area contributed by atoms with Crippen molar-refractivity contribution >= 4 is 22.8 Å². The second-order valence-electron chi connectivity index (χ2n) is 8.09. The standard InChI is InChI=1S/C23H26N6S/c1-16(2)10-19-7-8-20(30-19)15-29-9-3-4-22(29)21-13-27-23(14-26-21)28-18-6-5-17(11-24)25-12-18/h5-8,12-14,16,22H,3-4,9-10,15H2,1-2H3,(H,27,28)/t22-/m1/s1. The summed E-state index contributed by atoms with van der Waals surface area (Å²) < 4.78 is 0. The van der Waals surface area contributed by atoms with Gasteiger partial charge >= 0.3 is 0 Å². The lowest BCUT2D eigenvalue weighted by molar-refractivity contribution is 0.246. The molecule has 4 rings (SSSR count). The molecule has 0 spiro atoms. The Morgan fingerprint density at radius 3 is 2.70 bits per heavy atom. The number of nitriles is 1. The first kappa shape index (κ1) is 20.5. The van der Waals surface area contributed by atoms with E-state index >= 15 is 0 Å². The molecule has 30 heavy (non-hydrogen) atoms. The van der Waals surface area contributed by atoms with Crippen LogP contribution in [0.4, 0.5) is 11.5 Å². The second kappa shape index (κ2) is 9.33. The number of likely N-dealkylation sites (tertiary alicyclic amines) is 1. The van der Waals surface area contributed by atoms with Crippen molar-refractivity contribution in [3.05, 3.63) is 64.0 Å². The molecule has 4 heterocycles. The zero-order chi connectivity index (χ0) is 20.9. The van der Waals surface area contributed by atoms with Crippen LogP contribution in [0.5, 0.6) is 0 Å². The molecule has 0 unspecified atom stereocenters. The van der Waals surface area contributed by atoms with E-state index in [-0.39, 0.29) is 0 Å². The monoisotopic (exact) mass is 418 g/mol. The van der Waals surface area contributed by atoms with Crippen molar-refractivity contribution in [3.63, 3.8) is 0 Å². The Balaban J connectivity index is 1.40. The van der Waals surface area contributed by atoms with Gasteiger partial charge in [-0.15, -0.1) is 11.3 Å². The largest absolute Gasteiger partial charge is 0.338 e. The fourth-order valence-electron chi connectivity index (χ4n) is 3.83. The molecule has 1 fully saturated rings. The number of aromatic nitrogens is 3. The van der Waals surface area contributed by atoms with Crippen LogP contribution in [0.25, 0.3) is 0 Å². The van der Waals surface area contributed by atoms with Gasteiger partial charge in [0, 0.05) is 16.3 Å². The highest BCUT2D eigenvalue weighted by atomic mass is 32.1. The Hall–Kier alpha value is -2.82. The molecule has 1 aliphatic heterocycles. The Morgan fingerprint density at radius 1 is 1.13 bits per heavy atom. The van der Waals surface area contributed by atoms with Gasteiger partial charge in [0.05, 0.1) is 36.0 Å². The minimum absolute atomic E-state index is 0.318. The van der Waals surface area contributed by atoms with E-state index in [4.69, 9.17) is 10.2 Å². The molecule has 3 aromatic rings. The number of nitrogens with zero attached hydrogens (tertiary/aromatic N) is 5. The summed E-state index contributed by atoms with van der Waals surface area (Å²) in [6.07, 6.45) is 8.74. The van der Waals surface area contributed by atoms with Crippen molar-refractivity contribution < 1.29 is 0 Å². The molecule has 1 atom stereocenters. The molecule has 0 aliphatic carbocycles. The third-order valence-corrected chi connectivity index (χ3v) is 6.31. The van der Waals surface area contributed by atoms with Gasteiger partial charge in [0.25, 0.3) is 0 Å². The molecule has 1 N–H and O–H groups in total. The molecule has 6 nitrogen and oxygen atoms in total. The minimum Gasteiger partial charge on any atom is -0.338 e. The fraction of sp³-hybridized carbons (Fsp3) is 0.391. The molecular formula is C23H26N6S. The van der Waals surface area contributed by atoms with E-state index in [1.165, 1.54) is 16.2 Å². The Labute approximate surface area is 181 Å². The zero-order valence-corrected chi connectivity index (χ0v) is 18.2. The van der Waals surface area contributed by atoms with Gasteiger partial charge in [-0.25, -0.2) is 9.97 Å². The molecular weight excluding hydrogens is 392 g/mol. The lowest BCUT2D eigenvalue weighted by atomic mass is 10.1. The summed E-state index contributed by atoms with van der Waals surface area (Å²) in [5.74, 6) is 1.37. The highest BCUT2D eigenvalue weighted by molar-refractivity contribution is 7.11. The van der Waals surface area contributed by atoms with E-state index in [0.717, 1.165) is 37.3 Å². The summed E-state index contributed by atoms with van der Waals surface area (Å²) in [7, 11) is 0. The molecule has 1 saturated heterocycles. The van der Waals surface area contributed by atoms with Gasteiger partial charge in [-0.05, 0) is 56.0 Å². The second-order valence-corrected chi connectivity index (χ2v) is 9.34. The van der Waals surface area contributed by atoms with E-state index in [0.29, 0.717) is 23.5 Å². The molecule has 0 saturated carbocycles. The lowest BCUT2D eigenvalue weighted by Crippen LogP contribution is -2.23. The average molecular weight is 419 g/mol. The highest BCUT2D eigenvalue weighted by Crippen LogP contribution is 2.33. The molecule has 1 aliphatic rings. The van der Waals surface area contributed by atoms with Crippen LogP contribution in [0.15, 0.2) is 42.9 Å². The number of anilines is 2. The number of thiophene rings is 1. The van der Waals surface area contributed by atoms with Gasteiger partial charge in [0.2, 0.25) is 0 Å². The van der Waals surface area contributed by atoms with E-state index < -0.39 is 0 Å². The van der Waals surface area contributed by atoms with Crippen LogP contribution in [-0.4, -0.2) is 26.4 Å². The predicted molar refractivity (Wildman–Crippen MR) is 120 cm³/mol. The van der Waals surface area contributed by atoms with Crippen molar-refractivity contribution in [1.82, 2.24) is 19.9 Å². The summed E-state index contributed by atoms with van der Waals surface area (Å²) >= 11 is 1.94. The van der Waals surface area contributed by atoms with Crippen molar-refractivity contribution in [3.8, 4) is 6.07 Å². The van der Waals surface area contributed by atoms with Crippen LogP contribution >= 0.6 is 11.3 Å². The topological polar surface area (TPSA) is 77.7 Å². The van der Waals surface area contributed by atoms with Gasteiger partial charge < -0.3 is 5.32 Å². The Kier molecular flexibility index (Phi) is 6.36. The van der Waals surface area contributed by atoms with Crippen molar-refractivity contribution in [1.29, 1.82) is 5.26 Å². The fourth-order valence-corrected chi connectivity index (χ4v) is 5.08. The van der Waals surface area contributed by atoms with Crippen LogP contribution in [0.1, 0.15) is 53.9 Å². The molecule has 0 bridgehead atoms. The normalized spacial score (nSPS) is 16.7. The smallest absolute Gasteiger partial charge is 0.148 e. The first-order valence-corrected chi connectivity index (χ1v) is 11.2. The summed E-state index contributed by atoms with van der Waals surface area (Å²) in [5.41, 5.74) is 2.20. The van der Waals surface area contributed by atoms with Crippen LogP contribution in [-0.2, 0) is 13.0 Å². The van der Waals surface area contributed by atoms with Gasteiger partial charge in [-0.2, -0.15) is 5.26 Å².